The summed E-state index contributed by atoms with van der Waals surface area (Å²) in [5, 5.41) is 10.5. The second-order valence-electron chi connectivity index (χ2n) is 4.89. The van der Waals surface area contributed by atoms with E-state index in [-0.39, 0.29) is 11.6 Å². The van der Waals surface area contributed by atoms with Crippen molar-refractivity contribution in [1.29, 1.82) is 0 Å². The summed E-state index contributed by atoms with van der Waals surface area (Å²) in [6.45, 7) is 10.5. The molecule has 0 spiro atoms. The molecule has 0 aromatic carbocycles. The third-order valence-electron chi connectivity index (χ3n) is 4.22. The number of rotatable bonds is 7. The Labute approximate surface area is 100 Å². The first-order chi connectivity index (χ1) is 7.71. The summed E-state index contributed by atoms with van der Waals surface area (Å²) in [6, 6.07) is 0. The van der Waals surface area contributed by atoms with Crippen LogP contribution in [0.1, 0.15) is 52.4 Å². The van der Waals surface area contributed by atoms with Crippen molar-refractivity contribution in [1.82, 2.24) is 4.90 Å². The van der Waals surface area contributed by atoms with E-state index in [4.69, 9.17) is 0 Å². The third kappa shape index (κ3) is 2.67. The molecule has 1 fully saturated rings. The molecule has 0 radical (unpaired) electrons. The van der Waals surface area contributed by atoms with Gasteiger partial charge in [0.25, 0.3) is 0 Å². The van der Waals surface area contributed by atoms with Gasteiger partial charge in [-0.2, -0.15) is 0 Å². The predicted octanol–water partition coefficient (Wildman–Crippen LogP) is 2.97. The molecule has 1 atom stereocenters. The lowest BCUT2D eigenvalue weighted by atomic mass is 9.82. The minimum atomic E-state index is -0.210. The van der Waals surface area contributed by atoms with E-state index in [1.165, 1.54) is 12.8 Å². The van der Waals surface area contributed by atoms with Crippen molar-refractivity contribution in [2.45, 2.75) is 64.0 Å². The molecule has 1 rings (SSSR count). The van der Waals surface area contributed by atoms with Gasteiger partial charge in [0.1, 0.15) is 0 Å². The fourth-order valence-corrected chi connectivity index (χ4v) is 3.09. The summed E-state index contributed by atoms with van der Waals surface area (Å²) in [7, 11) is 0. The number of allylic oxidation sites excluding steroid dienone is 1. The molecule has 1 aliphatic rings. The first-order valence-electron chi connectivity index (χ1n) is 6.75. The Hall–Kier alpha value is -0.340. The second kappa shape index (κ2) is 6.41. The van der Waals surface area contributed by atoms with Crippen LogP contribution in [-0.2, 0) is 0 Å². The maximum absolute atomic E-state index is 10.5. The molecule has 0 aromatic heterocycles. The quantitative estimate of drug-likeness (QED) is 0.673. The van der Waals surface area contributed by atoms with Gasteiger partial charge in [-0.3, -0.25) is 4.90 Å². The zero-order valence-corrected chi connectivity index (χ0v) is 10.9. The average Bonchev–Trinajstić information content (AvgIpc) is 2.83. The van der Waals surface area contributed by atoms with Crippen molar-refractivity contribution in [2.24, 2.45) is 0 Å². The lowest BCUT2D eigenvalue weighted by Crippen LogP contribution is -2.55. The van der Waals surface area contributed by atoms with Crippen LogP contribution in [0.3, 0.4) is 0 Å². The van der Waals surface area contributed by atoms with Crippen LogP contribution in [0.25, 0.3) is 0 Å². The monoisotopic (exact) mass is 225 g/mol. The molecule has 1 saturated heterocycles. The Balaban J connectivity index is 2.72. The van der Waals surface area contributed by atoms with E-state index < -0.39 is 0 Å². The number of aliphatic hydroxyl groups excluding tert-OH is 1. The Morgan fingerprint density at radius 2 is 1.88 bits per heavy atom. The van der Waals surface area contributed by atoms with Crippen molar-refractivity contribution in [2.75, 3.05) is 13.1 Å². The fraction of sp³-hybridized carbons (Fsp3) is 0.857. The lowest BCUT2D eigenvalue weighted by Gasteiger charge is -2.44. The lowest BCUT2D eigenvalue weighted by molar-refractivity contribution is -0.0310. The smallest absolute Gasteiger partial charge is 0.0726 e. The molecule has 1 unspecified atom stereocenters. The van der Waals surface area contributed by atoms with Crippen LogP contribution in [0.5, 0.6) is 0 Å². The summed E-state index contributed by atoms with van der Waals surface area (Å²) < 4.78 is 0. The molecule has 0 bridgehead atoms. The molecule has 0 aromatic rings. The van der Waals surface area contributed by atoms with Crippen LogP contribution in [0, 0.1) is 0 Å². The van der Waals surface area contributed by atoms with Crippen molar-refractivity contribution >= 4 is 0 Å². The molecule has 2 heteroatoms. The van der Waals surface area contributed by atoms with Gasteiger partial charge in [-0.25, -0.2) is 0 Å². The summed E-state index contributed by atoms with van der Waals surface area (Å²) in [4.78, 5) is 2.51. The van der Waals surface area contributed by atoms with Gasteiger partial charge in [-0.15, -0.1) is 6.58 Å². The highest BCUT2D eigenvalue weighted by Gasteiger charge is 2.40. The van der Waals surface area contributed by atoms with E-state index >= 15 is 0 Å². The van der Waals surface area contributed by atoms with Crippen molar-refractivity contribution in [3.8, 4) is 0 Å². The maximum Gasteiger partial charge on any atom is 0.0726 e. The van der Waals surface area contributed by atoms with Gasteiger partial charge in [0.05, 0.1) is 6.10 Å². The maximum atomic E-state index is 10.5. The Morgan fingerprint density at radius 1 is 1.31 bits per heavy atom. The fourth-order valence-electron chi connectivity index (χ4n) is 3.09. The van der Waals surface area contributed by atoms with E-state index in [9.17, 15) is 5.11 Å². The molecule has 1 N–H and O–H groups in total. The van der Waals surface area contributed by atoms with Gasteiger partial charge in [0, 0.05) is 5.54 Å². The molecule has 0 amide bonds. The summed E-state index contributed by atoms with van der Waals surface area (Å²) in [5.74, 6) is 0. The van der Waals surface area contributed by atoms with Gasteiger partial charge in [0.15, 0.2) is 0 Å². The topological polar surface area (TPSA) is 23.5 Å². The first-order valence-corrected chi connectivity index (χ1v) is 6.75. The SMILES string of the molecule is C=CCCC(O)C(CC)(CC)N1CCCC1. The van der Waals surface area contributed by atoms with Gasteiger partial charge < -0.3 is 5.11 Å². The highest BCUT2D eigenvalue weighted by molar-refractivity contribution is 4.97. The van der Waals surface area contributed by atoms with Gasteiger partial charge in [0.2, 0.25) is 0 Å². The van der Waals surface area contributed by atoms with Gasteiger partial charge in [-0.1, -0.05) is 19.9 Å². The molecule has 16 heavy (non-hydrogen) atoms. The Morgan fingerprint density at radius 3 is 2.31 bits per heavy atom. The molecule has 94 valence electrons. The summed E-state index contributed by atoms with van der Waals surface area (Å²) in [6.07, 6.45) is 8.12. The Kier molecular flexibility index (Phi) is 5.50. The largest absolute Gasteiger partial charge is 0.391 e. The zero-order chi connectivity index (χ0) is 12.0. The number of nitrogens with zero attached hydrogens (tertiary/aromatic N) is 1. The molecule has 0 aliphatic carbocycles. The van der Waals surface area contributed by atoms with Gasteiger partial charge >= 0.3 is 0 Å². The standard InChI is InChI=1S/C14H27NO/c1-4-7-10-13(16)14(5-2,6-3)15-11-8-9-12-15/h4,13,16H,1,5-12H2,2-3H3. The molecule has 0 saturated carbocycles. The molecule has 2 nitrogen and oxygen atoms in total. The second-order valence-corrected chi connectivity index (χ2v) is 4.89. The van der Waals surface area contributed by atoms with Crippen molar-refractivity contribution in [3.05, 3.63) is 12.7 Å². The summed E-state index contributed by atoms with van der Waals surface area (Å²) >= 11 is 0. The van der Waals surface area contributed by atoms with E-state index in [1.807, 2.05) is 6.08 Å². The third-order valence-corrected chi connectivity index (χ3v) is 4.22. The summed E-state index contributed by atoms with van der Waals surface area (Å²) in [5.41, 5.74) is 0.0134. The molecule has 1 aliphatic heterocycles. The number of hydrogen-bond donors (Lipinski definition) is 1. The van der Waals surface area contributed by atoms with Crippen LogP contribution in [0.4, 0.5) is 0 Å². The van der Waals surface area contributed by atoms with Crippen LogP contribution in [0.2, 0.25) is 0 Å². The normalized spacial score (nSPS) is 19.9. The highest BCUT2D eigenvalue weighted by atomic mass is 16.3. The number of hydrogen-bond acceptors (Lipinski definition) is 2. The zero-order valence-electron chi connectivity index (χ0n) is 10.9. The van der Waals surface area contributed by atoms with Crippen LogP contribution >= 0.6 is 0 Å². The number of likely N-dealkylation sites (tertiary alicyclic amines) is 1. The van der Waals surface area contributed by atoms with Gasteiger partial charge in [-0.05, 0) is 51.6 Å². The Bertz CT molecular complexity index is 205. The first kappa shape index (κ1) is 13.7. The molecular weight excluding hydrogens is 198 g/mol. The van der Waals surface area contributed by atoms with Crippen LogP contribution in [0.15, 0.2) is 12.7 Å². The molecule has 1 heterocycles. The van der Waals surface area contributed by atoms with E-state index in [1.54, 1.807) is 0 Å². The highest BCUT2D eigenvalue weighted by Crippen LogP contribution is 2.33. The van der Waals surface area contributed by atoms with Crippen LogP contribution < -0.4 is 0 Å². The van der Waals surface area contributed by atoms with Crippen molar-refractivity contribution in [3.63, 3.8) is 0 Å². The average molecular weight is 225 g/mol. The van der Waals surface area contributed by atoms with Crippen LogP contribution in [-0.4, -0.2) is 34.7 Å². The number of aliphatic hydroxyl groups is 1. The minimum absolute atomic E-state index is 0.0134. The van der Waals surface area contributed by atoms with E-state index in [0.717, 1.165) is 38.8 Å². The molecular formula is C14H27NO. The predicted molar refractivity (Wildman–Crippen MR) is 69.6 cm³/mol. The van der Waals surface area contributed by atoms with E-state index in [2.05, 4.69) is 25.3 Å². The van der Waals surface area contributed by atoms with E-state index in [0.29, 0.717) is 0 Å². The minimum Gasteiger partial charge on any atom is -0.391 e. The van der Waals surface area contributed by atoms with Crippen molar-refractivity contribution < 1.29 is 5.11 Å².